The zero-order chi connectivity index (χ0) is 19.4. The number of nitro groups is 1. The van der Waals surface area contributed by atoms with Crippen LogP contribution < -0.4 is 5.32 Å². The van der Waals surface area contributed by atoms with E-state index in [0.29, 0.717) is 11.0 Å². The first kappa shape index (κ1) is 19.1. The number of benzene rings is 2. The summed E-state index contributed by atoms with van der Waals surface area (Å²) < 4.78 is 0.960. The Hall–Kier alpha value is -2.72. The highest BCUT2D eigenvalue weighted by atomic mass is 79.9. The molecule has 0 spiro atoms. The molecule has 27 heavy (non-hydrogen) atoms. The number of nitrogens with one attached hydrogen (secondary N) is 2. The van der Waals surface area contributed by atoms with Crippen molar-refractivity contribution in [2.24, 2.45) is 0 Å². The van der Waals surface area contributed by atoms with Gasteiger partial charge in [-0.3, -0.25) is 20.0 Å². The van der Waals surface area contributed by atoms with Gasteiger partial charge in [-0.25, -0.2) is 4.98 Å². The molecule has 3 rings (SSSR count). The maximum Gasteiger partial charge on any atom is 0.293 e. The third kappa shape index (κ3) is 4.92. The van der Waals surface area contributed by atoms with Gasteiger partial charge in [-0.2, -0.15) is 0 Å². The van der Waals surface area contributed by atoms with E-state index in [0.717, 1.165) is 27.4 Å². The second-order valence-corrected chi connectivity index (χ2v) is 7.45. The van der Waals surface area contributed by atoms with E-state index in [9.17, 15) is 14.9 Å². The second kappa shape index (κ2) is 8.31. The number of nitrogens with zero attached hydrogens (tertiary/aromatic N) is 3. The maximum absolute atomic E-state index is 12.1. The van der Waals surface area contributed by atoms with Crippen molar-refractivity contribution < 1.29 is 9.72 Å². The zero-order valence-corrected chi connectivity index (χ0v) is 16.5. The van der Waals surface area contributed by atoms with Gasteiger partial charge in [0.05, 0.1) is 10.7 Å². The summed E-state index contributed by atoms with van der Waals surface area (Å²) in [7, 11) is 0. The molecule has 2 N–H and O–H groups in total. The number of nitro benzene ring substituents is 1. The SMILES string of the molecule is Cc1ccc(NC(=O)CSc2n[nH]c(-c3ccc(Br)cc3)n2)c([N+](=O)[O-])c1. The molecule has 8 nitrogen and oxygen atoms in total. The first-order valence-electron chi connectivity index (χ1n) is 7.78. The number of hydrogen-bond donors (Lipinski definition) is 2. The molecule has 0 atom stereocenters. The molecule has 10 heteroatoms. The molecule has 1 aromatic heterocycles. The van der Waals surface area contributed by atoms with Gasteiger partial charge >= 0.3 is 0 Å². The van der Waals surface area contributed by atoms with Crippen LogP contribution in [0.25, 0.3) is 11.4 Å². The van der Waals surface area contributed by atoms with Crippen LogP contribution in [0.1, 0.15) is 5.56 Å². The molecule has 0 radical (unpaired) electrons. The predicted octanol–water partition coefficient (Wildman–Crippen LogP) is 4.18. The predicted molar refractivity (Wildman–Crippen MR) is 107 cm³/mol. The van der Waals surface area contributed by atoms with E-state index in [1.165, 1.54) is 12.1 Å². The number of amides is 1. The molecule has 0 saturated carbocycles. The van der Waals surface area contributed by atoms with Crippen molar-refractivity contribution in [2.75, 3.05) is 11.1 Å². The van der Waals surface area contributed by atoms with E-state index >= 15 is 0 Å². The van der Waals surface area contributed by atoms with Gasteiger partial charge in [0.1, 0.15) is 5.69 Å². The largest absolute Gasteiger partial charge is 0.320 e. The van der Waals surface area contributed by atoms with Gasteiger partial charge in [-0.1, -0.05) is 45.9 Å². The molecule has 0 unspecified atom stereocenters. The van der Waals surface area contributed by atoms with Crippen LogP contribution in [0, 0.1) is 17.0 Å². The number of carbonyl (C=O) groups excluding carboxylic acids is 1. The first-order chi connectivity index (χ1) is 12.9. The average Bonchev–Trinajstić information content (AvgIpc) is 3.11. The molecular formula is C17H14BrN5O3S. The summed E-state index contributed by atoms with van der Waals surface area (Å²) in [5.74, 6) is 0.254. The molecule has 3 aromatic rings. The van der Waals surface area contributed by atoms with Gasteiger partial charge in [-0.05, 0) is 30.7 Å². The lowest BCUT2D eigenvalue weighted by Gasteiger charge is -2.05. The number of aromatic nitrogens is 3. The van der Waals surface area contributed by atoms with Crippen molar-refractivity contribution in [3.63, 3.8) is 0 Å². The third-order valence-corrected chi connectivity index (χ3v) is 4.91. The normalized spacial score (nSPS) is 10.6. The number of rotatable bonds is 6. The lowest BCUT2D eigenvalue weighted by molar-refractivity contribution is -0.384. The number of anilines is 1. The van der Waals surface area contributed by atoms with E-state index in [1.807, 2.05) is 24.3 Å². The summed E-state index contributed by atoms with van der Waals surface area (Å²) in [5.41, 5.74) is 1.65. The van der Waals surface area contributed by atoms with Crippen molar-refractivity contribution in [2.45, 2.75) is 12.1 Å². The van der Waals surface area contributed by atoms with Crippen LogP contribution in [0.2, 0.25) is 0 Å². The minimum absolute atomic E-state index is 0.0304. The Morgan fingerprint density at radius 2 is 2.04 bits per heavy atom. The topological polar surface area (TPSA) is 114 Å². The Balaban J connectivity index is 1.62. The van der Waals surface area contributed by atoms with Crippen LogP contribution in [0.4, 0.5) is 11.4 Å². The number of aryl methyl sites for hydroxylation is 1. The van der Waals surface area contributed by atoms with Crippen LogP contribution in [0.3, 0.4) is 0 Å². The van der Waals surface area contributed by atoms with Gasteiger partial charge < -0.3 is 5.32 Å². The van der Waals surface area contributed by atoms with E-state index in [1.54, 1.807) is 13.0 Å². The van der Waals surface area contributed by atoms with Crippen molar-refractivity contribution in [3.8, 4) is 11.4 Å². The van der Waals surface area contributed by atoms with E-state index < -0.39 is 4.92 Å². The summed E-state index contributed by atoms with van der Waals surface area (Å²) in [6.45, 7) is 1.75. The summed E-state index contributed by atoms with van der Waals surface area (Å²) >= 11 is 4.51. The molecule has 1 heterocycles. The second-order valence-electron chi connectivity index (χ2n) is 5.59. The van der Waals surface area contributed by atoms with Gasteiger partial charge in [0.2, 0.25) is 11.1 Å². The molecular weight excluding hydrogens is 434 g/mol. The van der Waals surface area contributed by atoms with Crippen LogP contribution in [-0.4, -0.2) is 31.8 Å². The highest BCUT2D eigenvalue weighted by Gasteiger charge is 2.16. The fourth-order valence-electron chi connectivity index (χ4n) is 2.26. The maximum atomic E-state index is 12.1. The van der Waals surface area contributed by atoms with Crippen LogP contribution >= 0.6 is 27.7 Å². The Labute approximate surface area is 167 Å². The molecule has 2 aromatic carbocycles. The van der Waals surface area contributed by atoms with Crippen molar-refractivity contribution in [3.05, 3.63) is 62.6 Å². The number of thioether (sulfide) groups is 1. The van der Waals surface area contributed by atoms with Crippen molar-refractivity contribution in [1.29, 1.82) is 0 Å². The molecule has 0 aliphatic heterocycles. The first-order valence-corrected chi connectivity index (χ1v) is 9.56. The van der Waals surface area contributed by atoms with Gasteiger partial charge in [-0.15, -0.1) is 5.10 Å². The Morgan fingerprint density at radius 1 is 1.30 bits per heavy atom. The average molecular weight is 448 g/mol. The van der Waals surface area contributed by atoms with Gasteiger partial charge in [0, 0.05) is 16.1 Å². The number of aromatic amines is 1. The smallest absolute Gasteiger partial charge is 0.293 e. The molecule has 0 aliphatic rings. The number of carbonyl (C=O) groups is 1. The van der Waals surface area contributed by atoms with Crippen molar-refractivity contribution in [1.82, 2.24) is 15.2 Å². The summed E-state index contributed by atoms with van der Waals surface area (Å²) in [6.07, 6.45) is 0. The Bertz CT molecular complexity index is 990. The van der Waals surface area contributed by atoms with E-state index in [2.05, 4.69) is 36.4 Å². The molecule has 0 saturated heterocycles. The Morgan fingerprint density at radius 3 is 2.74 bits per heavy atom. The fraction of sp³-hybridized carbons (Fsp3) is 0.118. The van der Waals surface area contributed by atoms with E-state index in [4.69, 9.17) is 0 Å². The third-order valence-electron chi connectivity index (χ3n) is 3.54. The molecule has 0 bridgehead atoms. The molecule has 138 valence electrons. The van der Waals surface area contributed by atoms with Gasteiger partial charge in [0.15, 0.2) is 5.82 Å². The van der Waals surface area contributed by atoms with Crippen molar-refractivity contribution >= 4 is 45.0 Å². The zero-order valence-electron chi connectivity index (χ0n) is 14.1. The summed E-state index contributed by atoms with van der Waals surface area (Å²) in [6, 6.07) is 12.2. The van der Waals surface area contributed by atoms with Crippen LogP contribution in [0.5, 0.6) is 0 Å². The lowest BCUT2D eigenvalue weighted by atomic mass is 10.2. The fourth-order valence-corrected chi connectivity index (χ4v) is 3.13. The highest BCUT2D eigenvalue weighted by molar-refractivity contribution is 9.10. The van der Waals surface area contributed by atoms with Gasteiger partial charge in [0.25, 0.3) is 5.69 Å². The Kier molecular flexibility index (Phi) is 5.87. The van der Waals surface area contributed by atoms with Crippen LogP contribution in [-0.2, 0) is 4.79 Å². The monoisotopic (exact) mass is 447 g/mol. The standard InChI is InChI=1S/C17H14BrN5O3S/c1-10-2-7-13(14(8-10)23(25)26)19-15(24)9-27-17-20-16(21-22-17)11-3-5-12(18)6-4-11/h2-8H,9H2,1H3,(H,19,24)(H,20,21,22). The molecule has 0 fully saturated rings. The van der Waals surface area contributed by atoms with E-state index in [-0.39, 0.29) is 23.0 Å². The minimum atomic E-state index is -0.518. The number of halogens is 1. The summed E-state index contributed by atoms with van der Waals surface area (Å²) in [4.78, 5) is 27.1. The molecule has 0 aliphatic carbocycles. The van der Waals surface area contributed by atoms with Crippen LogP contribution in [0.15, 0.2) is 52.1 Å². The summed E-state index contributed by atoms with van der Waals surface area (Å²) in [5, 5.41) is 21.0. The minimum Gasteiger partial charge on any atom is -0.320 e. The number of hydrogen-bond acceptors (Lipinski definition) is 6. The highest BCUT2D eigenvalue weighted by Crippen LogP contribution is 2.26. The molecule has 1 amide bonds. The number of H-pyrrole nitrogens is 1. The quantitative estimate of drug-likeness (QED) is 0.332. The lowest BCUT2D eigenvalue weighted by Crippen LogP contribution is -2.15.